The maximum absolute atomic E-state index is 10.9. The van der Waals surface area contributed by atoms with Crippen LogP contribution in [0.4, 0.5) is 0 Å². The van der Waals surface area contributed by atoms with E-state index in [-0.39, 0.29) is 6.42 Å². The Kier molecular flexibility index (Phi) is 4.29. The molecule has 0 fully saturated rings. The summed E-state index contributed by atoms with van der Waals surface area (Å²) in [6.45, 7) is 1.62. The summed E-state index contributed by atoms with van der Waals surface area (Å²) in [6.07, 6.45) is 3.02. The molecule has 1 aromatic carbocycles. The molecule has 0 heterocycles. The van der Waals surface area contributed by atoms with Gasteiger partial charge in [-0.05, 0) is 11.6 Å². The Hall–Kier alpha value is -1.90. The van der Waals surface area contributed by atoms with Crippen molar-refractivity contribution in [3.8, 4) is 0 Å². The third-order valence-corrected chi connectivity index (χ3v) is 1.78. The molecule has 0 aliphatic carbocycles. The molecule has 0 aliphatic heterocycles. The van der Waals surface area contributed by atoms with Gasteiger partial charge in [0.2, 0.25) is 5.78 Å². The molecule has 0 amide bonds. The van der Waals surface area contributed by atoms with E-state index in [0.29, 0.717) is 0 Å². The smallest absolute Gasteiger partial charge is 0.379 e. The van der Waals surface area contributed by atoms with Crippen molar-refractivity contribution in [1.29, 1.82) is 0 Å². The van der Waals surface area contributed by atoms with E-state index in [1.807, 2.05) is 30.3 Å². The van der Waals surface area contributed by atoms with E-state index in [4.69, 9.17) is 0 Å². The number of ether oxygens (including phenoxy) is 1. The Labute approximate surface area is 88.4 Å². The molecular weight excluding hydrogens is 192 g/mol. The molecule has 0 bridgehead atoms. The predicted molar refractivity (Wildman–Crippen MR) is 56.9 cm³/mol. The lowest BCUT2D eigenvalue weighted by Crippen LogP contribution is -2.13. The topological polar surface area (TPSA) is 43.4 Å². The van der Waals surface area contributed by atoms with Crippen LogP contribution >= 0.6 is 0 Å². The fourth-order valence-electron chi connectivity index (χ4n) is 0.949. The molecule has 0 aliphatic rings. The van der Waals surface area contributed by atoms with Gasteiger partial charge in [-0.3, -0.25) is 4.79 Å². The molecule has 78 valence electrons. The molecule has 15 heavy (non-hydrogen) atoms. The SMILES string of the molecule is CCC(=O)C(=O)OC=Cc1ccccc1. The molecule has 1 rings (SSSR count). The van der Waals surface area contributed by atoms with Crippen LogP contribution in [0.2, 0.25) is 0 Å². The highest BCUT2D eigenvalue weighted by molar-refractivity contribution is 6.33. The Balaban J connectivity index is 2.47. The summed E-state index contributed by atoms with van der Waals surface area (Å²) in [5, 5.41) is 0. The van der Waals surface area contributed by atoms with Crippen molar-refractivity contribution in [3.05, 3.63) is 42.2 Å². The van der Waals surface area contributed by atoms with Crippen LogP contribution in [-0.4, -0.2) is 11.8 Å². The van der Waals surface area contributed by atoms with Crippen LogP contribution in [0.1, 0.15) is 18.9 Å². The minimum absolute atomic E-state index is 0.165. The first kappa shape index (κ1) is 11.2. The van der Waals surface area contributed by atoms with Gasteiger partial charge >= 0.3 is 5.97 Å². The van der Waals surface area contributed by atoms with Crippen LogP contribution < -0.4 is 0 Å². The second-order valence-corrected chi connectivity index (χ2v) is 2.90. The van der Waals surface area contributed by atoms with Crippen molar-refractivity contribution in [1.82, 2.24) is 0 Å². The molecule has 0 aromatic heterocycles. The van der Waals surface area contributed by atoms with Gasteiger partial charge in [0, 0.05) is 6.42 Å². The zero-order valence-electron chi connectivity index (χ0n) is 8.47. The first-order chi connectivity index (χ1) is 7.24. The van der Waals surface area contributed by atoms with Gasteiger partial charge in [-0.2, -0.15) is 0 Å². The van der Waals surface area contributed by atoms with Gasteiger partial charge in [-0.15, -0.1) is 0 Å². The molecule has 3 heteroatoms. The Bertz CT molecular complexity index is 366. The van der Waals surface area contributed by atoms with E-state index >= 15 is 0 Å². The second kappa shape index (κ2) is 5.75. The molecule has 0 saturated carbocycles. The van der Waals surface area contributed by atoms with E-state index in [1.165, 1.54) is 6.26 Å². The predicted octanol–water partition coefficient (Wildman–Crippen LogP) is 2.18. The number of rotatable bonds is 4. The van der Waals surface area contributed by atoms with E-state index in [9.17, 15) is 9.59 Å². The van der Waals surface area contributed by atoms with Crippen LogP contribution in [-0.2, 0) is 14.3 Å². The summed E-state index contributed by atoms with van der Waals surface area (Å²) >= 11 is 0. The minimum Gasteiger partial charge on any atom is -0.429 e. The largest absolute Gasteiger partial charge is 0.429 e. The van der Waals surface area contributed by atoms with Gasteiger partial charge < -0.3 is 4.74 Å². The number of benzene rings is 1. The number of carbonyl (C=O) groups excluding carboxylic acids is 2. The van der Waals surface area contributed by atoms with Crippen molar-refractivity contribution in [2.75, 3.05) is 0 Å². The molecule has 0 unspecified atom stereocenters. The summed E-state index contributed by atoms with van der Waals surface area (Å²) < 4.78 is 4.63. The summed E-state index contributed by atoms with van der Waals surface area (Å²) in [4.78, 5) is 21.8. The van der Waals surface area contributed by atoms with Gasteiger partial charge in [-0.25, -0.2) is 4.79 Å². The number of Topliss-reactive ketones (excluding diaryl/α,β-unsaturated/α-hetero) is 1. The molecule has 0 N–H and O–H groups in total. The van der Waals surface area contributed by atoms with E-state index in [2.05, 4.69) is 4.74 Å². The number of carbonyl (C=O) groups is 2. The Morgan fingerprint density at radius 3 is 2.53 bits per heavy atom. The van der Waals surface area contributed by atoms with E-state index in [1.54, 1.807) is 13.0 Å². The average Bonchev–Trinajstić information content (AvgIpc) is 2.29. The lowest BCUT2D eigenvalue weighted by molar-refractivity contribution is -0.149. The van der Waals surface area contributed by atoms with Crippen LogP contribution in [0.15, 0.2) is 36.6 Å². The third-order valence-electron chi connectivity index (χ3n) is 1.78. The zero-order valence-corrected chi connectivity index (χ0v) is 8.47. The fraction of sp³-hybridized carbons (Fsp3) is 0.167. The molecule has 0 spiro atoms. The first-order valence-electron chi connectivity index (χ1n) is 4.69. The summed E-state index contributed by atoms with van der Waals surface area (Å²) in [5.74, 6) is -1.34. The Morgan fingerprint density at radius 2 is 1.93 bits per heavy atom. The molecule has 1 aromatic rings. The quantitative estimate of drug-likeness (QED) is 0.429. The molecule has 0 radical (unpaired) electrons. The number of ketones is 1. The second-order valence-electron chi connectivity index (χ2n) is 2.90. The molecule has 3 nitrogen and oxygen atoms in total. The van der Waals surface area contributed by atoms with Gasteiger partial charge in [0.1, 0.15) is 0 Å². The highest BCUT2D eigenvalue weighted by atomic mass is 16.5. The average molecular weight is 204 g/mol. The van der Waals surface area contributed by atoms with Crippen molar-refractivity contribution in [2.45, 2.75) is 13.3 Å². The van der Waals surface area contributed by atoms with Crippen LogP contribution in [0, 0.1) is 0 Å². The van der Waals surface area contributed by atoms with Gasteiger partial charge in [0.05, 0.1) is 6.26 Å². The third kappa shape index (κ3) is 3.77. The Morgan fingerprint density at radius 1 is 1.27 bits per heavy atom. The monoisotopic (exact) mass is 204 g/mol. The normalized spacial score (nSPS) is 10.2. The molecule has 0 saturated heterocycles. The highest BCUT2D eigenvalue weighted by Crippen LogP contribution is 2.01. The van der Waals surface area contributed by atoms with Crippen molar-refractivity contribution in [2.24, 2.45) is 0 Å². The lowest BCUT2D eigenvalue weighted by Gasteiger charge is -1.95. The van der Waals surface area contributed by atoms with Crippen molar-refractivity contribution in [3.63, 3.8) is 0 Å². The highest BCUT2D eigenvalue weighted by Gasteiger charge is 2.10. The summed E-state index contributed by atoms with van der Waals surface area (Å²) in [7, 11) is 0. The number of esters is 1. The summed E-state index contributed by atoms with van der Waals surface area (Å²) in [5.41, 5.74) is 0.911. The maximum Gasteiger partial charge on any atom is 0.379 e. The van der Waals surface area contributed by atoms with Crippen LogP contribution in [0.25, 0.3) is 6.08 Å². The van der Waals surface area contributed by atoms with Crippen molar-refractivity contribution >= 4 is 17.8 Å². The molecule has 0 atom stereocenters. The molecular formula is C12H12O3. The van der Waals surface area contributed by atoms with Gasteiger partial charge in [0.25, 0.3) is 0 Å². The van der Waals surface area contributed by atoms with Crippen LogP contribution in [0.3, 0.4) is 0 Å². The van der Waals surface area contributed by atoms with Gasteiger partial charge in [-0.1, -0.05) is 37.3 Å². The summed E-state index contributed by atoms with van der Waals surface area (Å²) in [6, 6.07) is 9.37. The maximum atomic E-state index is 10.9. The number of hydrogen-bond donors (Lipinski definition) is 0. The lowest BCUT2D eigenvalue weighted by atomic mass is 10.2. The standard InChI is InChI=1S/C12H12O3/c1-2-11(13)12(14)15-9-8-10-6-4-3-5-7-10/h3-9H,2H2,1H3. The van der Waals surface area contributed by atoms with E-state index < -0.39 is 11.8 Å². The fourth-order valence-corrected chi connectivity index (χ4v) is 0.949. The van der Waals surface area contributed by atoms with E-state index in [0.717, 1.165) is 5.56 Å². The minimum atomic E-state index is -0.815. The zero-order chi connectivity index (χ0) is 11.1. The number of hydrogen-bond acceptors (Lipinski definition) is 3. The first-order valence-corrected chi connectivity index (χ1v) is 4.69. The van der Waals surface area contributed by atoms with Crippen molar-refractivity contribution < 1.29 is 14.3 Å². The van der Waals surface area contributed by atoms with Crippen LogP contribution in [0.5, 0.6) is 0 Å². The van der Waals surface area contributed by atoms with Gasteiger partial charge in [0.15, 0.2) is 0 Å².